The molecule has 0 radical (unpaired) electrons. The molecular formula is C14H14N4O3S. The standard InChI is InChI=1S/C14H14N4O3S/c19-18(20)12-3-1-11(2-4-12)13(16-14-15-5-10-22-14)17-6-8-21-9-7-17/h1-5,10H,6-9H2. The number of nitro groups is 1. The summed E-state index contributed by atoms with van der Waals surface area (Å²) in [6, 6.07) is 6.43. The summed E-state index contributed by atoms with van der Waals surface area (Å²) < 4.78 is 5.37. The molecule has 8 heteroatoms. The number of hydrogen-bond donors (Lipinski definition) is 0. The van der Waals surface area contributed by atoms with Crippen molar-refractivity contribution in [3.05, 3.63) is 51.5 Å². The fourth-order valence-corrected chi connectivity index (χ4v) is 2.69. The van der Waals surface area contributed by atoms with E-state index in [1.165, 1.54) is 23.5 Å². The molecule has 7 nitrogen and oxygen atoms in total. The van der Waals surface area contributed by atoms with Crippen molar-refractivity contribution in [2.45, 2.75) is 0 Å². The average molecular weight is 318 g/mol. The van der Waals surface area contributed by atoms with Crippen LogP contribution < -0.4 is 0 Å². The minimum absolute atomic E-state index is 0.0688. The number of amidine groups is 1. The van der Waals surface area contributed by atoms with Crippen LogP contribution in [-0.2, 0) is 4.74 Å². The second-order valence-electron chi connectivity index (χ2n) is 4.65. The Hall–Kier alpha value is -2.32. The number of morpholine rings is 1. The first-order valence-corrected chi connectivity index (χ1v) is 7.68. The normalized spacial score (nSPS) is 15.8. The number of hydrogen-bond acceptors (Lipinski definition) is 6. The van der Waals surface area contributed by atoms with Crippen molar-refractivity contribution >= 4 is 28.0 Å². The Kier molecular flexibility index (Phi) is 4.40. The number of nitro benzene ring substituents is 1. The Morgan fingerprint density at radius 1 is 1.32 bits per heavy atom. The molecule has 114 valence electrons. The van der Waals surface area contributed by atoms with Crippen molar-refractivity contribution in [3.8, 4) is 0 Å². The van der Waals surface area contributed by atoms with E-state index in [1.54, 1.807) is 18.3 Å². The summed E-state index contributed by atoms with van der Waals surface area (Å²) in [5.74, 6) is 0.771. The largest absolute Gasteiger partial charge is 0.378 e. The molecule has 0 bridgehead atoms. The van der Waals surface area contributed by atoms with Crippen LogP contribution >= 0.6 is 11.3 Å². The van der Waals surface area contributed by atoms with Crippen LogP contribution in [0.4, 0.5) is 10.8 Å². The maximum Gasteiger partial charge on any atom is 0.269 e. The van der Waals surface area contributed by atoms with Gasteiger partial charge in [0, 0.05) is 42.4 Å². The molecule has 0 spiro atoms. The predicted octanol–water partition coefficient (Wildman–Crippen LogP) is 2.46. The molecule has 0 atom stereocenters. The van der Waals surface area contributed by atoms with E-state index in [0.29, 0.717) is 18.3 Å². The number of ether oxygens (including phenoxy) is 1. The molecule has 1 aliphatic heterocycles. The third kappa shape index (κ3) is 3.29. The molecule has 1 aromatic heterocycles. The van der Waals surface area contributed by atoms with Gasteiger partial charge in [0.15, 0.2) is 0 Å². The summed E-state index contributed by atoms with van der Waals surface area (Å²) in [5, 5.41) is 13.3. The molecule has 1 fully saturated rings. The van der Waals surface area contributed by atoms with Crippen molar-refractivity contribution in [2.24, 2.45) is 4.99 Å². The van der Waals surface area contributed by atoms with Gasteiger partial charge in [-0.1, -0.05) is 0 Å². The maximum atomic E-state index is 10.8. The highest BCUT2D eigenvalue weighted by Crippen LogP contribution is 2.20. The number of aliphatic imine (C=N–C) groups is 1. The van der Waals surface area contributed by atoms with E-state index in [1.807, 2.05) is 5.38 Å². The van der Waals surface area contributed by atoms with Gasteiger partial charge in [-0.15, -0.1) is 11.3 Å². The summed E-state index contributed by atoms with van der Waals surface area (Å²) in [5.41, 5.74) is 0.905. The highest BCUT2D eigenvalue weighted by atomic mass is 32.1. The molecule has 22 heavy (non-hydrogen) atoms. The molecule has 0 amide bonds. The molecule has 2 aromatic rings. The second kappa shape index (κ2) is 6.63. The minimum Gasteiger partial charge on any atom is -0.378 e. The molecule has 0 aliphatic carbocycles. The summed E-state index contributed by atoms with van der Waals surface area (Å²) >= 11 is 1.45. The van der Waals surface area contributed by atoms with Crippen LogP contribution in [-0.4, -0.2) is 46.9 Å². The number of aromatic nitrogens is 1. The first kappa shape index (κ1) is 14.6. The molecule has 1 saturated heterocycles. The zero-order valence-corrected chi connectivity index (χ0v) is 12.5. The Labute approximate surface area is 131 Å². The van der Waals surface area contributed by atoms with Crippen LogP contribution in [0.2, 0.25) is 0 Å². The van der Waals surface area contributed by atoms with Gasteiger partial charge in [-0.25, -0.2) is 9.98 Å². The maximum absolute atomic E-state index is 10.8. The Morgan fingerprint density at radius 2 is 2.05 bits per heavy atom. The van der Waals surface area contributed by atoms with E-state index < -0.39 is 4.92 Å². The van der Waals surface area contributed by atoms with E-state index in [0.717, 1.165) is 24.5 Å². The second-order valence-corrected chi connectivity index (χ2v) is 5.53. The van der Waals surface area contributed by atoms with Gasteiger partial charge in [0.2, 0.25) is 5.13 Å². The van der Waals surface area contributed by atoms with E-state index in [4.69, 9.17) is 4.74 Å². The molecule has 0 unspecified atom stereocenters. The average Bonchev–Trinajstić information content (AvgIpc) is 3.07. The first-order chi connectivity index (χ1) is 10.7. The van der Waals surface area contributed by atoms with Crippen molar-refractivity contribution < 1.29 is 9.66 Å². The van der Waals surface area contributed by atoms with Crippen LogP contribution in [0.15, 0.2) is 40.8 Å². The Morgan fingerprint density at radius 3 is 2.64 bits per heavy atom. The Balaban J connectivity index is 1.95. The van der Waals surface area contributed by atoms with Gasteiger partial charge in [0.25, 0.3) is 5.69 Å². The van der Waals surface area contributed by atoms with Crippen molar-refractivity contribution in [2.75, 3.05) is 26.3 Å². The molecule has 2 heterocycles. The number of rotatable bonds is 3. The Bertz CT molecular complexity index is 664. The van der Waals surface area contributed by atoms with Crippen LogP contribution in [0.3, 0.4) is 0 Å². The zero-order valence-electron chi connectivity index (χ0n) is 11.7. The lowest BCUT2D eigenvalue weighted by Crippen LogP contribution is -2.41. The van der Waals surface area contributed by atoms with Crippen molar-refractivity contribution in [1.82, 2.24) is 9.88 Å². The minimum atomic E-state index is -0.407. The van der Waals surface area contributed by atoms with Gasteiger partial charge >= 0.3 is 0 Å². The number of benzene rings is 1. The summed E-state index contributed by atoms with van der Waals surface area (Å²) in [6.07, 6.45) is 1.70. The summed E-state index contributed by atoms with van der Waals surface area (Å²) in [7, 11) is 0. The van der Waals surface area contributed by atoms with Gasteiger partial charge in [-0.3, -0.25) is 10.1 Å². The van der Waals surface area contributed by atoms with Crippen molar-refractivity contribution in [3.63, 3.8) is 0 Å². The molecule has 1 aromatic carbocycles. The van der Waals surface area contributed by atoms with Crippen LogP contribution in [0.25, 0.3) is 0 Å². The summed E-state index contributed by atoms with van der Waals surface area (Å²) in [6.45, 7) is 2.76. The monoisotopic (exact) mass is 318 g/mol. The van der Waals surface area contributed by atoms with Gasteiger partial charge < -0.3 is 9.64 Å². The van der Waals surface area contributed by atoms with Gasteiger partial charge in [0.05, 0.1) is 18.1 Å². The number of thiazole rings is 1. The lowest BCUT2D eigenvalue weighted by molar-refractivity contribution is -0.384. The van der Waals surface area contributed by atoms with Gasteiger partial charge in [0.1, 0.15) is 5.84 Å². The lowest BCUT2D eigenvalue weighted by atomic mass is 10.1. The zero-order chi connectivity index (χ0) is 15.4. The van der Waals surface area contributed by atoms with Gasteiger partial charge in [-0.2, -0.15) is 0 Å². The SMILES string of the molecule is O=[N+]([O-])c1ccc(C(=Nc2nccs2)N2CCOCC2)cc1. The highest BCUT2D eigenvalue weighted by molar-refractivity contribution is 7.13. The fourth-order valence-electron chi connectivity index (χ4n) is 2.19. The number of nitrogens with zero attached hydrogens (tertiary/aromatic N) is 4. The number of non-ortho nitro benzene ring substituents is 1. The van der Waals surface area contributed by atoms with E-state index in [9.17, 15) is 10.1 Å². The topological polar surface area (TPSA) is 80.9 Å². The van der Waals surface area contributed by atoms with Gasteiger partial charge in [-0.05, 0) is 12.1 Å². The summed E-state index contributed by atoms with van der Waals surface area (Å²) in [4.78, 5) is 21.3. The molecular weight excluding hydrogens is 304 g/mol. The quantitative estimate of drug-likeness (QED) is 0.376. The third-order valence-corrected chi connectivity index (χ3v) is 3.93. The highest BCUT2D eigenvalue weighted by Gasteiger charge is 2.18. The molecule has 0 saturated carbocycles. The molecule has 0 N–H and O–H groups in total. The van der Waals surface area contributed by atoms with Crippen LogP contribution in [0, 0.1) is 10.1 Å². The first-order valence-electron chi connectivity index (χ1n) is 6.80. The fraction of sp³-hybridized carbons (Fsp3) is 0.286. The molecule has 1 aliphatic rings. The van der Waals surface area contributed by atoms with E-state index in [-0.39, 0.29) is 5.69 Å². The lowest BCUT2D eigenvalue weighted by Gasteiger charge is -2.29. The van der Waals surface area contributed by atoms with Crippen molar-refractivity contribution in [1.29, 1.82) is 0 Å². The van der Waals surface area contributed by atoms with Crippen LogP contribution in [0.1, 0.15) is 5.56 Å². The predicted molar refractivity (Wildman–Crippen MR) is 83.8 cm³/mol. The van der Waals surface area contributed by atoms with Crippen LogP contribution in [0.5, 0.6) is 0 Å². The van der Waals surface area contributed by atoms with E-state index >= 15 is 0 Å². The van der Waals surface area contributed by atoms with E-state index in [2.05, 4.69) is 14.9 Å². The third-order valence-electron chi connectivity index (χ3n) is 3.27. The molecule has 3 rings (SSSR count). The smallest absolute Gasteiger partial charge is 0.269 e.